The summed E-state index contributed by atoms with van der Waals surface area (Å²) in [4.78, 5) is 25.9. The van der Waals surface area contributed by atoms with Crippen molar-refractivity contribution in [3.8, 4) is 0 Å². The quantitative estimate of drug-likeness (QED) is 0.806. The molecule has 1 heterocycles. The van der Waals surface area contributed by atoms with E-state index in [4.69, 9.17) is 0 Å². The minimum absolute atomic E-state index is 0.146. The maximum Gasteiger partial charge on any atom is 0.230 e. The van der Waals surface area contributed by atoms with Crippen LogP contribution in [0.25, 0.3) is 0 Å². The second kappa shape index (κ2) is 8.16. The van der Waals surface area contributed by atoms with Gasteiger partial charge in [-0.25, -0.2) is 4.39 Å². The summed E-state index contributed by atoms with van der Waals surface area (Å²) in [5, 5.41) is 2.82. The van der Waals surface area contributed by atoms with Crippen LogP contribution < -0.4 is 10.2 Å². The molecule has 0 radical (unpaired) electrons. The number of hydrogen-bond acceptors (Lipinski definition) is 3. The first-order valence-corrected chi connectivity index (χ1v) is 9.15. The Morgan fingerprint density at radius 3 is 2.60 bits per heavy atom. The highest BCUT2D eigenvalue weighted by atomic mass is 32.2. The lowest BCUT2D eigenvalue weighted by Gasteiger charge is -2.16. The molecule has 4 nitrogen and oxygen atoms in total. The number of rotatable bonds is 6. The van der Waals surface area contributed by atoms with Gasteiger partial charge in [-0.2, -0.15) is 0 Å². The van der Waals surface area contributed by atoms with E-state index in [1.807, 2.05) is 24.3 Å². The molecule has 6 heteroatoms. The van der Waals surface area contributed by atoms with E-state index in [2.05, 4.69) is 5.32 Å². The van der Waals surface area contributed by atoms with E-state index < -0.39 is 0 Å². The first-order chi connectivity index (χ1) is 12.1. The van der Waals surface area contributed by atoms with Crippen molar-refractivity contribution >= 4 is 29.3 Å². The van der Waals surface area contributed by atoms with Crippen LogP contribution in [-0.4, -0.2) is 24.1 Å². The van der Waals surface area contributed by atoms with Crippen molar-refractivity contribution in [1.29, 1.82) is 0 Å². The highest BCUT2D eigenvalue weighted by Crippen LogP contribution is 2.22. The Morgan fingerprint density at radius 1 is 1.16 bits per heavy atom. The number of carbonyl (C=O) groups is 2. The van der Waals surface area contributed by atoms with Gasteiger partial charge in [0, 0.05) is 30.1 Å². The van der Waals surface area contributed by atoms with Gasteiger partial charge < -0.3 is 10.2 Å². The molecule has 1 saturated heterocycles. The summed E-state index contributed by atoms with van der Waals surface area (Å²) in [6.45, 7) is 1.17. The van der Waals surface area contributed by atoms with Gasteiger partial charge in [-0.1, -0.05) is 24.3 Å². The van der Waals surface area contributed by atoms with Crippen molar-refractivity contribution in [3.63, 3.8) is 0 Å². The summed E-state index contributed by atoms with van der Waals surface area (Å²) in [5.74, 6) is -0.132. The summed E-state index contributed by atoms with van der Waals surface area (Å²) < 4.78 is 13.5. The Labute approximate surface area is 150 Å². The number of amides is 2. The van der Waals surface area contributed by atoms with Crippen molar-refractivity contribution in [1.82, 2.24) is 5.32 Å². The highest BCUT2D eigenvalue weighted by Gasteiger charge is 2.21. The normalized spacial score (nSPS) is 14.0. The number of benzene rings is 2. The third-order valence-electron chi connectivity index (χ3n) is 4.01. The van der Waals surface area contributed by atoms with Crippen LogP contribution in [0.4, 0.5) is 10.1 Å². The highest BCUT2D eigenvalue weighted by molar-refractivity contribution is 8.00. The Balaban J connectivity index is 1.47. The van der Waals surface area contributed by atoms with E-state index in [1.54, 1.807) is 23.1 Å². The molecule has 1 aliphatic heterocycles. The van der Waals surface area contributed by atoms with E-state index in [9.17, 15) is 14.0 Å². The standard InChI is InChI=1S/C19H19FN2O2S/c20-16-4-1-2-5-17(16)25-13-18(23)21-12-14-7-9-15(10-8-14)22-11-3-6-19(22)24/h1-2,4-5,7-10H,3,6,11-13H2,(H,21,23). The van der Waals surface area contributed by atoms with Gasteiger partial charge in [0.1, 0.15) is 5.82 Å². The van der Waals surface area contributed by atoms with Gasteiger partial charge in [-0.05, 0) is 36.2 Å². The molecular formula is C19H19FN2O2S. The maximum absolute atomic E-state index is 13.5. The Hall–Kier alpha value is -2.34. The number of hydrogen-bond donors (Lipinski definition) is 1. The van der Waals surface area contributed by atoms with Crippen LogP contribution in [-0.2, 0) is 16.1 Å². The van der Waals surface area contributed by atoms with Crippen LogP contribution in [0.1, 0.15) is 18.4 Å². The zero-order chi connectivity index (χ0) is 17.6. The zero-order valence-electron chi connectivity index (χ0n) is 13.7. The van der Waals surface area contributed by atoms with E-state index in [-0.39, 0.29) is 23.4 Å². The summed E-state index contributed by atoms with van der Waals surface area (Å²) in [6, 6.07) is 14.0. The third-order valence-corrected chi connectivity index (χ3v) is 5.06. The topological polar surface area (TPSA) is 49.4 Å². The lowest BCUT2D eigenvalue weighted by Crippen LogP contribution is -2.25. The fraction of sp³-hybridized carbons (Fsp3) is 0.263. The van der Waals surface area contributed by atoms with Crippen LogP contribution in [0.2, 0.25) is 0 Å². The average Bonchev–Trinajstić information content (AvgIpc) is 3.06. The van der Waals surface area contributed by atoms with E-state index in [0.717, 1.165) is 24.2 Å². The molecule has 1 N–H and O–H groups in total. The van der Waals surface area contributed by atoms with Crippen molar-refractivity contribution in [2.45, 2.75) is 24.3 Å². The SMILES string of the molecule is O=C(CSc1ccccc1F)NCc1ccc(N2CCCC2=O)cc1. The second-order valence-electron chi connectivity index (χ2n) is 5.81. The van der Waals surface area contributed by atoms with Gasteiger partial charge >= 0.3 is 0 Å². The monoisotopic (exact) mass is 358 g/mol. The minimum Gasteiger partial charge on any atom is -0.351 e. The minimum atomic E-state index is -0.313. The molecule has 130 valence electrons. The van der Waals surface area contributed by atoms with Crippen LogP contribution in [0, 0.1) is 5.82 Å². The molecule has 0 aliphatic carbocycles. The Kier molecular flexibility index (Phi) is 5.71. The fourth-order valence-electron chi connectivity index (χ4n) is 2.67. The van der Waals surface area contributed by atoms with Crippen LogP contribution >= 0.6 is 11.8 Å². The molecule has 2 aromatic carbocycles. The smallest absolute Gasteiger partial charge is 0.230 e. The van der Waals surface area contributed by atoms with Crippen LogP contribution in [0.3, 0.4) is 0 Å². The lowest BCUT2D eigenvalue weighted by molar-refractivity contribution is -0.119. The number of anilines is 1. The Morgan fingerprint density at radius 2 is 1.92 bits per heavy atom. The Bertz CT molecular complexity index is 764. The molecule has 1 aliphatic rings. The van der Waals surface area contributed by atoms with Crippen molar-refractivity contribution in [2.24, 2.45) is 0 Å². The van der Waals surface area contributed by atoms with Crippen molar-refractivity contribution in [2.75, 3.05) is 17.2 Å². The molecule has 1 fully saturated rings. The predicted molar refractivity (Wildman–Crippen MR) is 97.0 cm³/mol. The predicted octanol–water partition coefficient (Wildman–Crippen LogP) is 3.36. The van der Waals surface area contributed by atoms with Crippen molar-refractivity contribution < 1.29 is 14.0 Å². The number of thioether (sulfide) groups is 1. The molecule has 2 aromatic rings. The molecule has 2 amide bonds. The zero-order valence-corrected chi connectivity index (χ0v) is 14.5. The molecule has 25 heavy (non-hydrogen) atoms. The molecule has 0 bridgehead atoms. The molecule has 0 unspecified atom stereocenters. The lowest BCUT2D eigenvalue weighted by atomic mass is 10.2. The molecule has 0 aromatic heterocycles. The molecule has 3 rings (SSSR count). The van der Waals surface area contributed by atoms with Gasteiger partial charge in [-0.3, -0.25) is 9.59 Å². The number of nitrogens with one attached hydrogen (secondary N) is 1. The van der Waals surface area contributed by atoms with E-state index in [0.29, 0.717) is 17.9 Å². The largest absolute Gasteiger partial charge is 0.351 e. The van der Waals surface area contributed by atoms with Gasteiger partial charge in [0.05, 0.1) is 5.75 Å². The summed E-state index contributed by atoms with van der Waals surface area (Å²) >= 11 is 1.18. The molecule has 0 atom stereocenters. The molecular weight excluding hydrogens is 339 g/mol. The number of halogens is 1. The first kappa shape index (κ1) is 17.5. The summed E-state index contributed by atoms with van der Waals surface area (Å²) in [6.07, 6.45) is 1.51. The fourth-order valence-corrected chi connectivity index (χ4v) is 3.44. The average molecular weight is 358 g/mol. The van der Waals surface area contributed by atoms with Gasteiger partial charge in [-0.15, -0.1) is 11.8 Å². The van der Waals surface area contributed by atoms with Gasteiger partial charge in [0.15, 0.2) is 0 Å². The van der Waals surface area contributed by atoms with E-state index >= 15 is 0 Å². The van der Waals surface area contributed by atoms with Crippen LogP contribution in [0.15, 0.2) is 53.4 Å². The summed E-state index contributed by atoms with van der Waals surface area (Å²) in [7, 11) is 0. The summed E-state index contributed by atoms with van der Waals surface area (Å²) in [5.41, 5.74) is 1.85. The molecule has 0 spiro atoms. The van der Waals surface area contributed by atoms with Gasteiger partial charge in [0.25, 0.3) is 0 Å². The number of nitrogens with zero attached hydrogens (tertiary/aromatic N) is 1. The maximum atomic E-state index is 13.5. The van der Waals surface area contributed by atoms with Crippen molar-refractivity contribution in [3.05, 3.63) is 59.9 Å². The number of carbonyl (C=O) groups excluding carboxylic acids is 2. The third kappa shape index (κ3) is 4.60. The van der Waals surface area contributed by atoms with E-state index in [1.165, 1.54) is 17.8 Å². The second-order valence-corrected chi connectivity index (χ2v) is 6.83. The first-order valence-electron chi connectivity index (χ1n) is 8.17. The molecule has 0 saturated carbocycles. The van der Waals surface area contributed by atoms with Crippen LogP contribution in [0.5, 0.6) is 0 Å². The van der Waals surface area contributed by atoms with Gasteiger partial charge in [0.2, 0.25) is 11.8 Å².